The van der Waals surface area contributed by atoms with E-state index in [4.69, 9.17) is 13.9 Å². The van der Waals surface area contributed by atoms with Gasteiger partial charge in [-0.05, 0) is 16.6 Å². The van der Waals surface area contributed by atoms with E-state index in [9.17, 15) is 0 Å². The van der Waals surface area contributed by atoms with Crippen LogP contribution in [0, 0.1) is 6.07 Å². The summed E-state index contributed by atoms with van der Waals surface area (Å²) in [7, 11) is 1.43. The molecule has 0 N–H and O–H groups in total. The summed E-state index contributed by atoms with van der Waals surface area (Å²) in [5.41, 5.74) is 2.74. The molecular formula is C18H31LiO3Si. The Labute approximate surface area is 155 Å². The van der Waals surface area contributed by atoms with Crippen LogP contribution in [0.15, 0.2) is 12.1 Å². The minimum atomic E-state index is -1.85. The molecule has 0 radical (unpaired) electrons. The standard InChI is InChI=1S/C18H31O3Si.Li/c1-13(2)22(14(3)4,15(5)6)21-12-16-9-10-17(19-7)18(11-16)20-8;/h10-11,13-15H,12H2,1-8H3;/q-1;+1. The van der Waals surface area contributed by atoms with Crippen LogP contribution < -0.4 is 28.3 Å². The first kappa shape index (κ1) is 22.6. The molecule has 0 aromatic heterocycles. The third-order valence-corrected chi connectivity index (χ3v) is 10.6. The maximum Gasteiger partial charge on any atom is 1.00 e. The Morgan fingerprint density at radius 2 is 1.39 bits per heavy atom. The number of hydrogen-bond acceptors (Lipinski definition) is 3. The van der Waals surface area contributed by atoms with Crippen LogP contribution in [0.5, 0.6) is 11.5 Å². The normalized spacial score (nSPS) is 11.8. The van der Waals surface area contributed by atoms with Crippen LogP contribution in [0.1, 0.15) is 47.1 Å². The first-order valence-corrected chi connectivity index (χ1v) is 10.2. The first-order valence-electron chi connectivity index (χ1n) is 8.06. The van der Waals surface area contributed by atoms with E-state index in [1.165, 1.54) is 0 Å². The first-order chi connectivity index (χ1) is 10.3. The van der Waals surface area contributed by atoms with Crippen LogP contribution in [0.3, 0.4) is 0 Å². The van der Waals surface area contributed by atoms with E-state index in [0.717, 1.165) is 11.3 Å². The number of rotatable bonds is 8. The van der Waals surface area contributed by atoms with Gasteiger partial charge in [0.25, 0.3) is 0 Å². The molecule has 0 spiro atoms. The Morgan fingerprint density at radius 1 is 0.913 bits per heavy atom. The molecule has 0 unspecified atom stereocenters. The molecule has 0 aliphatic carbocycles. The minimum absolute atomic E-state index is 0. The van der Waals surface area contributed by atoms with Gasteiger partial charge in [-0.2, -0.15) is 6.07 Å². The van der Waals surface area contributed by atoms with Crippen molar-refractivity contribution in [3.8, 4) is 11.5 Å². The number of methoxy groups -OCH3 is 2. The molecule has 0 saturated carbocycles. The number of benzene rings is 1. The molecule has 0 aliphatic rings. The van der Waals surface area contributed by atoms with Gasteiger partial charge in [0.1, 0.15) is 0 Å². The molecule has 5 heteroatoms. The van der Waals surface area contributed by atoms with Gasteiger partial charge in [0.2, 0.25) is 8.32 Å². The molecule has 1 aromatic carbocycles. The van der Waals surface area contributed by atoms with Gasteiger partial charge in [-0.3, -0.25) is 0 Å². The zero-order valence-corrected chi connectivity index (χ0v) is 17.3. The van der Waals surface area contributed by atoms with Crippen molar-refractivity contribution in [3.63, 3.8) is 0 Å². The Bertz CT molecular complexity index is 454. The predicted molar refractivity (Wildman–Crippen MR) is 94.2 cm³/mol. The quantitative estimate of drug-likeness (QED) is 0.540. The SMILES string of the molecule is COc1c[c-]c(CO[Si](C(C)C)(C(C)C)C(C)C)cc1OC.[Li+]. The summed E-state index contributed by atoms with van der Waals surface area (Å²) in [6.45, 7) is 14.4. The van der Waals surface area contributed by atoms with Gasteiger partial charge in [-0.15, -0.1) is 17.7 Å². The topological polar surface area (TPSA) is 27.7 Å². The molecule has 126 valence electrons. The molecular weight excluding hydrogens is 299 g/mol. The molecule has 0 saturated heterocycles. The van der Waals surface area contributed by atoms with Gasteiger partial charge >= 0.3 is 18.9 Å². The van der Waals surface area contributed by atoms with Crippen molar-refractivity contribution in [3.05, 3.63) is 23.8 Å². The summed E-state index contributed by atoms with van der Waals surface area (Å²) in [6.07, 6.45) is 0. The maximum absolute atomic E-state index is 6.58. The third-order valence-electron chi connectivity index (χ3n) is 4.56. The van der Waals surface area contributed by atoms with Crippen LogP contribution in [-0.4, -0.2) is 22.5 Å². The molecule has 3 nitrogen and oxygen atoms in total. The molecule has 0 bridgehead atoms. The van der Waals surface area contributed by atoms with Crippen molar-refractivity contribution in [1.29, 1.82) is 0 Å². The van der Waals surface area contributed by atoms with Crippen LogP contribution in [0.2, 0.25) is 16.6 Å². The van der Waals surface area contributed by atoms with Crippen LogP contribution in [0.25, 0.3) is 0 Å². The molecule has 0 atom stereocenters. The van der Waals surface area contributed by atoms with E-state index in [1.807, 2.05) is 12.1 Å². The van der Waals surface area contributed by atoms with Gasteiger partial charge in [0.05, 0.1) is 20.0 Å². The molecule has 0 heterocycles. The monoisotopic (exact) mass is 330 g/mol. The fraction of sp³-hybridized carbons (Fsp3) is 0.667. The van der Waals surface area contributed by atoms with Crippen molar-refractivity contribution < 1.29 is 32.8 Å². The molecule has 0 fully saturated rings. The molecule has 23 heavy (non-hydrogen) atoms. The van der Waals surface area contributed by atoms with E-state index in [0.29, 0.717) is 29.0 Å². The van der Waals surface area contributed by atoms with Crippen LogP contribution in [-0.2, 0) is 11.0 Å². The van der Waals surface area contributed by atoms with Crippen molar-refractivity contribution in [2.45, 2.75) is 64.8 Å². The Kier molecular flexibility index (Phi) is 9.61. The zero-order chi connectivity index (χ0) is 16.9. The summed E-state index contributed by atoms with van der Waals surface area (Å²) in [5, 5.41) is 0. The summed E-state index contributed by atoms with van der Waals surface area (Å²) in [4.78, 5) is 0. The summed E-state index contributed by atoms with van der Waals surface area (Å²) in [5.74, 6) is 1.43. The van der Waals surface area contributed by atoms with Gasteiger partial charge in [-0.25, -0.2) is 0 Å². The van der Waals surface area contributed by atoms with Crippen molar-refractivity contribution in [1.82, 2.24) is 0 Å². The maximum atomic E-state index is 6.58. The van der Waals surface area contributed by atoms with Crippen molar-refractivity contribution >= 4 is 8.32 Å². The van der Waals surface area contributed by atoms with E-state index in [2.05, 4.69) is 47.6 Å². The molecule has 1 aromatic rings. The van der Waals surface area contributed by atoms with Crippen LogP contribution in [0.4, 0.5) is 0 Å². The second kappa shape index (κ2) is 9.78. The zero-order valence-electron chi connectivity index (χ0n) is 16.3. The third kappa shape index (κ3) is 5.03. The van der Waals surface area contributed by atoms with Crippen molar-refractivity contribution in [2.75, 3.05) is 14.2 Å². The average Bonchev–Trinajstić information content (AvgIpc) is 2.46. The smallest absolute Gasteiger partial charge is 0.551 e. The van der Waals surface area contributed by atoms with Gasteiger partial charge in [0, 0.05) is 12.4 Å². The summed E-state index contributed by atoms with van der Waals surface area (Å²) >= 11 is 0. The molecule has 0 amide bonds. The van der Waals surface area contributed by atoms with E-state index in [1.54, 1.807) is 14.2 Å². The molecule has 0 aliphatic heterocycles. The Balaban J connectivity index is 0.00000484. The summed E-state index contributed by atoms with van der Waals surface area (Å²) < 4.78 is 17.2. The van der Waals surface area contributed by atoms with E-state index in [-0.39, 0.29) is 18.9 Å². The Morgan fingerprint density at radius 3 is 1.78 bits per heavy atom. The second-order valence-electron chi connectivity index (χ2n) is 6.70. The van der Waals surface area contributed by atoms with E-state index < -0.39 is 8.32 Å². The Hall–Kier alpha value is -0.406. The minimum Gasteiger partial charge on any atom is -0.551 e. The number of ether oxygens (including phenoxy) is 2. The predicted octanol–water partition coefficient (Wildman–Crippen LogP) is 2.20. The van der Waals surface area contributed by atoms with E-state index >= 15 is 0 Å². The van der Waals surface area contributed by atoms with Gasteiger partial charge < -0.3 is 13.9 Å². The molecule has 1 rings (SSSR count). The van der Waals surface area contributed by atoms with Crippen LogP contribution >= 0.6 is 0 Å². The van der Waals surface area contributed by atoms with Gasteiger partial charge in [0.15, 0.2) is 0 Å². The second-order valence-corrected chi connectivity index (χ2v) is 12.2. The average molecular weight is 330 g/mol. The van der Waals surface area contributed by atoms with Crippen molar-refractivity contribution in [2.24, 2.45) is 0 Å². The summed E-state index contributed by atoms with van der Waals surface area (Å²) in [6, 6.07) is 7.02. The van der Waals surface area contributed by atoms with Gasteiger partial charge in [-0.1, -0.05) is 41.5 Å². The fourth-order valence-corrected chi connectivity index (χ4v) is 9.01. The fourth-order valence-electron chi connectivity index (χ4n) is 3.61. The largest absolute Gasteiger partial charge is 1.00 e. The number of hydrogen-bond donors (Lipinski definition) is 0.